The number of hydrogen-bond donors (Lipinski definition) is 0. The summed E-state index contributed by atoms with van der Waals surface area (Å²) in [7, 11) is 1.63. The molecule has 1 amide bonds. The highest BCUT2D eigenvalue weighted by Gasteiger charge is 2.31. The van der Waals surface area contributed by atoms with E-state index in [9.17, 15) is 10.0 Å². The zero-order valence-electron chi connectivity index (χ0n) is 15.0. The van der Waals surface area contributed by atoms with Crippen molar-refractivity contribution in [2.75, 3.05) is 20.1 Å². The van der Waals surface area contributed by atoms with E-state index in [2.05, 4.69) is 5.28 Å². The molecule has 1 unspecified atom stereocenters. The first kappa shape index (κ1) is 20.7. The summed E-state index contributed by atoms with van der Waals surface area (Å²) < 4.78 is 4.90. The highest BCUT2D eigenvalue weighted by atomic mass is 32.2. The molecule has 1 fully saturated rings. The third-order valence-electron chi connectivity index (χ3n) is 3.32. The summed E-state index contributed by atoms with van der Waals surface area (Å²) in [5.41, 5.74) is -0.371. The van der Waals surface area contributed by atoms with Crippen molar-refractivity contribution in [1.82, 2.24) is 15.2 Å². The Morgan fingerprint density at radius 2 is 2.12 bits per heavy atom. The molecule has 140 valence electrons. The molecule has 1 atom stereocenters. The molecule has 0 aromatic carbocycles. The van der Waals surface area contributed by atoms with E-state index in [0.717, 1.165) is 17.2 Å². The fourth-order valence-corrected chi connectivity index (χ4v) is 1.91. The minimum atomic E-state index is -0.371. The van der Waals surface area contributed by atoms with Crippen molar-refractivity contribution in [2.24, 2.45) is 5.28 Å². The largest absolute Gasteiger partial charge is 0.569 e. The molecule has 1 saturated heterocycles. The van der Waals surface area contributed by atoms with Crippen LogP contribution in [0, 0.1) is 5.21 Å². The molecule has 10 nitrogen and oxygen atoms in total. The lowest BCUT2D eigenvalue weighted by Gasteiger charge is -2.26. The summed E-state index contributed by atoms with van der Waals surface area (Å²) >= 11 is 1.10. The summed E-state index contributed by atoms with van der Waals surface area (Å²) in [6.07, 6.45) is 0.786. The first-order chi connectivity index (χ1) is 11.1. The maximum atomic E-state index is 11.8. The van der Waals surface area contributed by atoms with Crippen LogP contribution >= 0.6 is 12.0 Å². The predicted octanol–water partition coefficient (Wildman–Crippen LogP) is 1.89. The second-order valence-electron chi connectivity index (χ2n) is 6.65. The monoisotopic (exact) mass is 365 g/mol. The molecule has 0 bridgehead atoms. The molecule has 1 rings (SSSR count). The van der Waals surface area contributed by atoms with Crippen LogP contribution < -0.4 is 0 Å². The highest BCUT2D eigenvalue weighted by molar-refractivity contribution is 7.95. The van der Waals surface area contributed by atoms with Gasteiger partial charge < -0.3 is 10.0 Å². The van der Waals surface area contributed by atoms with E-state index in [0.29, 0.717) is 30.9 Å². The molecule has 1 aliphatic heterocycles. The quantitative estimate of drug-likeness (QED) is 0.153. The number of hydrogen-bond acceptors (Lipinski definition) is 8. The Hall–Kier alpha value is -1.30. The smallest absolute Gasteiger partial charge is 0.252 e. The van der Waals surface area contributed by atoms with Crippen LogP contribution in [-0.2, 0) is 19.0 Å². The van der Waals surface area contributed by atoms with E-state index in [4.69, 9.17) is 14.2 Å². The third-order valence-corrected chi connectivity index (χ3v) is 3.85. The molecule has 0 aromatic heterocycles. The maximum absolute atomic E-state index is 11.8. The molecular formula is C13H27N5O5S. The van der Waals surface area contributed by atoms with E-state index < -0.39 is 0 Å². The number of amides is 1. The summed E-state index contributed by atoms with van der Waals surface area (Å²) in [5, 5.41) is 19.6. The number of nitrogens with zero attached hydrogens (tertiary/aromatic N) is 5. The van der Waals surface area contributed by atoms with Crippen molar-refractivity contribution in [3.05, 3.63) is 5.21 Å². The van der Waals surface area contributed by atoms with Crippen molar-refractivity contribution >= 4 is 18.5 Å². The minimum absolute atomic E-state index is 0.204. The molecular weight excluding hydrogens is 338 g/mol. The van der Waals surface area contributed by atoms with Crippen molar-refractivity contribution in [3.63, 3.8) is 0 Å². The van der Waals surface area contributed by atoms with Crippen molar-refractivity contribution in [2.45, 2.75) is 57.9 Å². The average molecular weight is 365 g/mol. The number of hydrazine groups is 2. The molecule has 0 spiro atoms. The van der Waals surface area contributed by atoms with Gasteiger partial charge in [-0.2, -0.15) is 5.01 Å². The Morgan fingerprint density at radius 1 is 1.46 bits per heavy atom. The SMILES string of the molecule is CC(C)SOON(C=O)N1CCC(ON=[N+]([O-])N(C)C(C)(C)C)C1. The van der Waals surface area contributed by atoms with Gasteiger partial charge in [-0.25, -0.2) is 0 Å². The number of hydroxylamine groups is 1. The fourth-order valence-electron chi connectivity index (χ4n) is 1.65. The second kappa shape index (κ2) is 9.25. The van der Waals surface area contributed by atoms with E-state index in [-0.39, 0.29) is 16.9 Å². The van der Waals surface area contributed by atoms with Crippen LogP contribution in [0.3, 0.4) is 0 Å². The van der Waals surface area contributed by atoms with Gasteiger partial charge in [0.2, 0.25) is 5.28 Å². The Labute approximate surface area is 146 Å². The molecule has 0 aromatic rings. The molecule has 0 saturated carbocycles. The summed E-state index contributed by atoms with van der Waals surface area (Å²) in [6, 6.07) is 0. The first-order valence-electron chi connectivity index (χ1n) is 7.72. The normalized spacial score (nSPS) is 19.6. The summed E-state index contributed by atoms with van der Waals surface area (Å²) in [4.78, 5) is 21.7. The van der Waals surface area contributed by atoms with E-state index in [1.54, 1.807) is 12.1 Å². The van der Waals surface area contributed by atoms with Gasteiger partial charge in [0.25, 0.3) is 6.41 Å². The van der Waals surface area contributed by atoms with Crippen LogP contribution in [0.4, 0.5) is 0 Å². The lowest BCUT2D eigenvalue weighted by atomic mass is 10.1. The topological polar surface area (TPSA) is 92.9 Å². The van der Waals surface area contributed by atoms with E-state index >= 15 is 0 Å². The van der Waals surface area contributed by atoms with Crippen molar-refractivity contribution in [3.8, 4) is 0 Å². The van der Waals surface area contributed by atoms with Crippen LogP contribution in [0.25, 0.3) is 0 Å². The van der Waals surface area contributed by atoms with E-state index in [1.807, 2.05) is 34.6 Å². The predicted molar refractivity (Wildman–Crippen MR) is 87.4 cm³/mol. The standard InChI is InChI=1S/C13H27N5O5S/c1-11(2)24-23-22-17(10-19)16-8-7-12(9-16)21-14-18(20)15(6)13(3,4)5/h10-12H,7-9H2,1-6H3. The maximum Gasteiger partial charge on any atom is 0.252 e. The zero-order chi connectivity index (χ0) is 18.3. The average Bonchev–Trinajstić information content (AvgIpc) is 2.96. The lowest BCUT2D eigenvalue weighted by molar-refractivity contribution is -0.720. The van der Waals surface area contributed by atoms with Crippen LogP contribution in [-0.4, -0.2) is 63.6 Å². The molecule has 1 heterocycles. The molecule has 0 N–H and O–H groups in total. The molecule has 0 radical (unpaired) electrons. The Bertz CT molecular complexity index is 431. The summed E-state index contributed by atoms with van der Waals surface area (Å²) in [6.45, 7) is 10.4. The number of carbonyl (C=O) groups excluding carboxylic acids is 1. The van der Waals surface area contributed by atoms with Gasteiger partial charge in [-0.05, 0) is 20.8 Å². The van der Waals surface area contributed by atoms with Gasteiger partial charge in [-0.3, -0.25) is 4.79 Å². The number of carbonyl (C=O) groups is 1. The Balaban J connectivity index is 2.45. The second-order valence-corrected chi connectivity index (χ2v) is 7.92. The Morgan fingerprint density at radius 3 is 2.67 bits per heavy atom. The fraction of sp³-hybridized carbons (Fsp3) is 0.923. The van der Waals surface area contributed by atoms with Crippen LogP contribution in [0.15, 0.2) is 5.28 Å². The van der Waals surface area contributed by atoms with Gasteiger partial charge in [0.1, 0.15) is 6.10 Å². The number of rotatable bonds is 9. The van der Waals surface area contributed by atoms with Gasteiger partial charge in [-0.15, -0.1) is 14.5 Å². The minimum Gasteiger partial charge on any atom is -0.569 e. The molecule has 11 heteroatoms. The molecule has 24 heavy (non-hydrogen) atoms. The molecule has 1 aliphatic rings. The van der Waals surface area contributed by atoms with E-state index in [1.165, 1.54) is 5.01 Å². The van der Waals surface area contributed by atoms with Crippen LogP contribution in [0.2, 0.25) is 0 Å². The Kier molecular flexibility index (Phi) is 8.00. The van der Waals surface area contributed by atoms with Crippen molar-refractivity contribution < 1.29 is 23.9 Å². The molecule has 0 aliphatic carbocycles. The van der Waals surface area contributed by atoms with Gasteiger partial charge in [0.15, 0.2) is 0 Å². The lowest BCUT2D eigenvalue weighted by Crippen LogP contribution is -2.43. The third kappa shape index (κ3) is 6.67. The summed E-state index contributed by atoms with van der Waals surface area (Å²) in [5.74, 6) is 0. The first-order valence-corrected chi connectivity index (χ1v) is 8.53. The van der Waals surface area contributed by atoms with Gasteiger partial charge in [0, 0.05) is 30.3 Å². The van der Waals surface area contributed by atoms with Gasteiger partial charge >= 0.3 is 0 Å². The highest BCUT2D eigenvalue weighted by Crippen LogP contribution is 2.18. The van der Waals surface area contributed by atoms with Crippen LogP contribution in [0.1, 0.15) is 41.0 Å². The van der Waals surface area contributed by atoms with Gasteiger partial charge in [-0.1, -0.05) is 18.8 Å². The van der Waals surface area contributed by atoms with Gasteiger partial charge in [0.05, 0.1) is 24.1 Å². The van der Waals surface area contributed by atoms with Crippen molar-refractivity contribution in [1.29, 1.82) is 0 Å². The zero-order valence-corrected chi connectivity index (χ0v) is 15.9. The van der Waals surface area contributed by atoms with Crippen LogP contribution in [0.5, 0.6) is 0 Å².